The Balaban J connectivity index is 0.000000463. The molecule has 1 heterocycles. The van der Waals surface area contributed by atoms with Gasteiger partial charge in [-0.1, -0.05) is 47.6 Å². The number of carbonyl (C=O) groups excluding carboxylic acids is 1. The number of nitrogens with zero attached hydrogens (tertiary/aromatic N) is 2. The van der Waals surface area contributed by atoms with Crippen molar-refractivity contribution in [1.29, 1.82) is 0 Å². The maximum absolute atomic E-state index is 11.5. The fourth-order valence-electron chi connectivity index (χ4n) is 1.56. The molecule has 0 atom stereocenters. The van der Waals surface area contributed by atoms with E-state index in [4.69, 9.17) is 0 Å². The molecule has 1 aromatic heterocycles. The van der Waals surface area contributed by atoms with Gasteiger partial charge in [-0.3, -0.25) is 4.79 Å². The van der Waals surface area contributed by atoms with Crippen molar-refractivity contribution in [3.8, 4) is 11.3 Å². The van der Waals surface area contributed by atoms with E-state index in [-0.39, 0.29) is 37.1 Å². The maximum atomic E-state index is 11.5. The van der Waals surface area contributed by atoms with E-state index in [2.05, 4.69) is 16.3 Å². The average Bonchev–Trinajstić information content (AvgIpc) is 2.55. The summed E-state index contributed by atoms with van der Waals surface area (Å²) in [5.74, 6) is 0.104. The van der Waals surface area contributed by atoms with E-state index in [0.717, 1.165) is 11.3 Å². The second kappa shape index (κ2) is 10.3. The number of benzene rings is 1. The molecular formula is C21H27IrN2O2-. The second-order valence-corrected chi connectivity index (χ2v) is 7.78. The van der Waals surface area contributed by atoms with Gasteiger partial charge in [0.15, 0.2) is 5.78 Å². The van der Waals surface area contributed by atoms with Crippen molar-refractivity contribution >= 4 is 5.78 Å². The molecule has 0 fully saturated rings. The first-order chi connectivity index (χ1) is 11.5. The summed E-state index contributed by atoms with van der Waals surface area (Å²) in [5, 5.41) is 17.3. The molecule has 2 aromatic rings. The van der Waals surface area contributed by atoms with E-state index in [0.29, 0.717) is 0 Å². The third kappa shape index (κ3) is 8.50. The molecule has 0 saturated heterocycles. The number of aromatic nitrogens is 2. The van der Waals surface area contributed by atoms with Crippen molar-refractivity contribution in [3.63, 3.8) is 0 Å². The van der Waals surface area contributed by atoms with Crippen LogP contribution in [0.5, 0.6) is 0 Å². The van der Waals surface area contributed by atoms with Gasteiger partial charge < -0.3 is 5.11 Å². The van der Waals surface area contributed by atoms with Crippen LogP contribution in [0.15, 0.2) is 54.4 Å². The zero-order valence-electron chi connectivity index (χ0n) is 16.2. The zero-order chi connectivity index (χ0) is 19.1. The van der Waals surface area contributed by atoms with E-state index in [1.165, 1.54) is 6.08 Å². The Morgan fingerprint density at radius 3 is 2.12 bits per heavy atom. The molecule has 0 saturated carbocycles. The first kappa shape index (κ1) is 24.2. The van der Waals surface area contributed by atoms with Gasteiger partial charge in [-0.2, -0.15) is 5.10 Å². The van der Waals surface area contributed by atoms with Crippen molar-refractivity contribution in [3.05, 3.63) is 60.5 Å². The standard InChI is InChI=1S/C11H20O2.C10H7N2.Ir/c1-10(2,3)8(12)7-9(13)11(4,5)6;1-2-5-9(6-3-1)10-7-4-8-11-12-10;/h7,12H,1-6H3;1-5,7-8H;/q;-1;/b8-7-;;. The Morgan fingerprint density at radius 1 is 1.04 bits per heavy atom. The first-order valence-electron chi connectivity index (χ1n) is 8.22. The summed E-state index contributed by atoms with van der Waals surface area (Å²) in [7, 11) is 0. The molecule has 0 aliphatic carbocycles. The predicted octanol–water partition coefficient (Wildman–Crippen LogP) is 5.03. The van der Waals surface area contributed by atoms with E-state index >= 15 is 0 Å². The molecule has 26 heavy (non-hydrogen) atoms. The summed E-state index contributed by atoms with van der Waals surface area (Å²) in [6.45, 7) is 11.1. The van der Waals surface area contributed by atoms with Crippen LogP contribution in [0.4, 0.5) is 0 Å². The third-order valence-electron chi connectivity index (χ3n) is 3.33. The molecule has 0 amide bonds. The Labute approximate surface area is 170 Å². The molecule has 1 radical (unpaired) electrons. The molecule has 1 N–H and O–H groups in total. The van der Waals surface area contributed by atoms with Crippen LogP contribution in [0, 0.1) is 16.9 Å². The van der Waals surface area contributed by atoms with E-state index in [1.807, 2.05) is 77.9 Å². The normalized spacial score (nSPS) is 11.7. The smallest absolute Gasteiger partial charge is 0.164 e. The number of aliphatic hydroxyl groups is 1. The molecule has 0 aliphatic rings. The number of aliphatic hydroxyl groups excluding tert-OH is 1. The molecular weight excluding hydrogens is 504 g/mol. The van der Waals surface area contributed by atoms with Gasteiger partial charge in [-0.25, -0.2) is 5.10 Å². The SMILES string of the molecule is CC(C)(C)C(=O)/C=C(\O)C(C)(C)C.[Ir].[c-]1ccccc1-c1cccnn1. The molecule has 143 valence electrons. The van der Waals surface area contributed by atoms with Crippen LogP contribution in [-0.4, -0.2) is 21.1 Å². The average molecular weight is 532 g/mol. The van der Waals surface area contributed by atoms with Gasteiger partial charge in [0, 0.05) is 48.9 Å². The van der Waals surface area contributed by atoms with Crippen molar-refractivity contribution < 1.29 is 30.0 Å². The summed E-state index contributed by atoms with van der Waals surface area (Å²) in [6, 6.07) is 14.6. The van der Waals surface area contributed by atoms with Crippen LogP contribution in [0.3, 0.4) is 0 Å². The molecule has 0 unspecified atom stereocenters. The van der Waals surface area contributed by atoms with E-state index in [9.17, 15) is 9.90 Å². The largest absolute Gasteiger partial charge is 0.512 e. The number of allylic oxidation sites excluding steroid dienone is 2. The molecule has 0 spiro atoms. The van der Waals surface area contributed by atoms with Gasteiger partial charge in [0.1, 0.15) is 5.76 Å². The van der Waals surface area contributed by atoms with E-state index < -0.39 is 5.41 Å². The summed E-state index contributed by atoms with van der Waals surface area (Å²) < 4.78 is 0. The summed E-state index contributed by atoms with van der Waals surface area (Å²) >= 11 is 0. The Bertz CT molecular complexity index is 663. The quantitative estimate of drug-likeness (QED) is 0.336. The number of hydrogen-bond acceptors (Lipinski definition) is 4. The Morgan fingerprint density at radius 2 is 1.69 bits per heavy atom. The monoisotopic (exact) mass is 532 g/mol. The van der Waals surface area contributed by atoms with Crippen molar-refractivity contribution in [1.82, 2.24) is 10.2 Å². The van der Waals surface area contributed by atoms with Crippen LogP contribution in [0.1, 0.15) is 41.5 Å². The Kier molecular flexibility index (Phi) is 9.61. The van der Waals surface area contributed by atoms with Gasteiger partial charge in [0.2, 0.25) is 0 Å². The molecule has 1 aromatic carbocycles. The van der Waals surface area contributed by atoms with Crippen LogP contribution in [0.25, 0.3) is 11.3 Å². The van der Waals surface area contributed by atoms with Gasteiger partial charge in [-0.15, -0.1) is 35.9 Å². The van der Waals surface area contributed by atoms with Crippen LogP contribution in [-0.2, 0) is 24.9 Å². The maximum Gasteiger partial charge on any atom is 0.164 e. The van der Waals surface area contributed by atoms with Crippen molar-refractivity contribution in [2.75, 3.05) is 0 Å². The fourth-order valence-corrected chi connectivity index (χ4v) is 1.56. The van der Waals surface area contributed by atoms with Crippen molar-refractivity contribution in [2.24, 2.45) is 10.8 Å². The summed E-state index contributed by atoms with van der Waals surface area (Å²) in [4.78, 5) is 11.5. The van der Waals surface area contributed by atoms with Gasteiger partial charge in [-0.05, 0) is 6.07 Å². The molecule has 0 bridgehead atoms. The number of carbonyl (C=O) groups is 1. The predicted molar refractivity (Wildman–Crippen MR) is 101 cm³/mol. The molecule has 4 nitrogen and oxygen atoms in total. The molecule has 0 aliphatic heterocycles. The third-order valence-corrected chi connectivity index (χ3v) is 3.33. The summed E-state index contributed by atoms with van der Waals surface area (Å²) in [5.41, 5.74) is 1.07. The first-order valence-corrected chi connectivity index (χ1v) is 8.22. The summed E-state index contributed by atoms with van der Waals surface area (Å²) in [6.07, 6.45) is 2.99. The van der Waals surface area contributed by atoms with Crippen molar-refractivity contribution in [2.45, 2.75) is 41.5 Å². The topological polar surface area (TPSA) is 63.1 Å². The van der Waals surface area contributed by atoms with E-state index in [1.54, 1.807) is 6.20 Å². The Hall–Kier alpha value is -1.84. The minimum Gasteiger partial charge on any atom is -0.512 e. The zero-order valence-corrected chi connectivity index (χ0v) is 18.6. The van der Waals surface area contributed by atoms with Gasteiger partial charge in [0.25, 0.3) is 0 Å². The number of hydrogen-bond donors (Lipinski definition) is 1. The van der Waals surface area contributed by atoms with Crippen LogP contribution >= 0.6 is 0 Å². The molecule has 5 heteroatoms. The number of rotatable bonds is 2. The van der Waals surface area contributed by atoms with Gasteiger partial charge >= 0.3 is 0 Å². The van der Waals surface area contributed by atoms with Gasteiger partial charge in [0.05, 0.1) is 0 Å². The van der Waals surface area contributed by atoms with Crippen LogP contribution in [0.2, 0.25) is 0 Å². The fraction of sp³-hybridized carbons (Fsp3) is 0.381. The van der Waals surface area contributed by atoms with Crippen LogP contribution < -0.4 is 0 Å². The number of ketones is 1. The molecule has 2 rings (SSSR count). The second-order valence-electron chi connectivity index (χ2n) is 7.78. The minimum atomic E-state index is -0.417. The minimum absolute atomic E-state index is 0.